The lowest BCUT2D eigenvalue weighted by molar-refractivity contribution is 0.403. The number of para-hydroxylation sites is 2. The summed E-state index contributed by atoms with van der Waals surface area (Å²) in [5, 5.41) is 3.49. The van der Waals surface area contributed by atoms with Crippen LogP contribution in [0.5, 0.6) is 0 Å². The van der Waals surface area contributed by atoms with Crippen molar-refractivity contribution in [2.24, 2.45) is 5.73 Å². The monoisotopic (exact) mass is 256 g/mol. The molecule has 0 spiro atoms. The molecule has 3 rings (SSSR count). The quantitative estimate of drug-likeness (QED) is 0.867. The fourth-order valence-electron chi connectivity index (χ4n) is 2.74. The fraction of sp³-hybridized carbons (Fsp3) is 0.467. The van der Waals surface area contributed by atoms with Crippen molar-refractivity contribution in [3.05, 3.63) is 30.0 Å². The van der Waals surface area contributed by atoms with Gasteiger partial charge < -0.3 is 11.1 Å². The summed E-state index contributed by atoms with van der Waals surface area (Å²) in [5.74, 6) is 0.876. The second kappa shape index (κ2) is 5.13. The largest absolute Gasteiger partial charge is 0.364 e. The Labute approximate surface area is 113 Å². The normalized spacial score (nSPS) is 23.5. The highest BCUT2D eigenvalue weighted by Crippen LogP contribution is 2.22. The van der Waals surface area contributed by atoms with Crippen LogP contribution in [-0.2, 0) is 0 Å². The van der Waals surface area contributed by atoms with E-state index in [2.05, 4.69) is 15.3 Å². The van der Waals surface area contributed by atoms with E-state index in [0.29, 0.717) is 6.04 Å². The molecule has 0 amide bonds. The maximum absolute atomic E-state index is 6.18. The lowest BCUT2D eigenvalue weighted by Gasteiger charge is -2.30. The third-order valence-corrected chi connectivity index (χ3v) is 3.89. The minimum Gasteiger partial charge on any atom is -0.364 e. The number of hydrogen-bond donors (Lipinski definition) is 2. The molecule has 0 aliphatic heterocycles. The van der Waals surface area contributed by atoms with Crippen LogP contribution in [0.15, 0.2) is 24.3 Å². The Kier molecular flexibility index (Phi) is 3.34. The Morgan fingerprint density at radius 1 is 1.11 bits per heavy atom. The van der Waals surface area contributed by atoms with Gasteiger partial charge in [0.2, 0.25) is 0 Å². The van der Waals surface area contributed by atoms with Gasteiger partial charge in [-0.1, -0.05) is 25.0 Å². The highest BCUT2D eigenvalue weighted by Gasteiger charge is 2.22. The Hall–Kier alpha value is -1.68. The fourth-order valence-corrected chi connectivity index (χ4v) is 2.74. The molecule has 1 aliphatic carbocycles. The smallest absolute Gasteiger partial charge is 0.148 e. The highest BCUT2D eigenvalue weighted by atomic mass is 15.1. The predicted molar refractivity (Wildman–Crippen MR) is 78.1 cm³/mol. The summed E-state index contributed by atoms with van der Waals surface area (Å²) in [6.45, 7) is 2.00. The number of nitrogens with two attached hydrogens (primary N) is 1. The number of hydrogen-bond acceptors (Lipinski definition) is 4. The molecule has 2 unspecified atom stereocenters. The van der Waals surface area contributed by atoms with Gasteiger partial charge in [-0.05, 0) is 31.9 Å². The molecular weight excluding hydrogens is 236 g/mol. The summed E-state index contributed by atoms with van der Waals surface area (Å²) in [6, 6.07) is 8.51. The van der Waals surface area contributed by atoms with Crippen LogP contribution in [0.2, 0.25) is 0 Å². The van der Waals surface area contributed by atoms with Gasteiger partial charge in [-0.3, -0.25) is 0 Å². The zero-order valence-electron chi connectivity index (χ0n) is 11.3. The van der Waals surface area contributed by atoms with Crippen LogP contribution >= 0.6 is 0 Å². The molecule has 2 aromatic rings. The first-order chi connectivity index (χ1) is 9.24. The van der Waals surface area contributed by atoms with Crippen molar-refractivity contribution in [3.63, 3.8) is 0 Å². The third-order valence-electron chi connectivity index (χ3n) is 3.89. The van der Waals surface area contributed by atoms with E-state index in [4.69, 9.17) is 5.73 Å². The van der Waals surface area contributed by atoms with Gasteiger partial charge in [-0.2, -0.15) is 0 Å². The molecule has 4 nitrogen and oxygen atoms in total. The van der Waals surface area contributed by atoms with Gasteiger partial charge in [-0.15, -0.1) is 0 Å². The SMILES string of the molecule is Cc1nc2ccccc2nc1NC1CCCCC1N. The number of rotatable bonds is 2. The average molecular weight is 256 g/mol. The molecule has 2 atom stereocenters. The molecule has 4 heteroatoms. The zero-order valence-corrected chi connectivity index (χ0v) is 11.3. The molecule has 0 saturated heterocycles. The van der Waals surface area contributed by atoms with Crippen LogP contribution in [0, 0.1) is 6.92 Å². The van der Waals surface area contributed by atoms with E-state index in [1.165, 1.54) is 12.8 Å². The summed E-state index contributed by atoms with van der Waals surface area (Å²) >= 11 is 0. The molecule has 1 heterocycles. The van der Waals surface area contributed by atoms with Gasteiger partial charge in [0.1, 0.15) is 5.82 Å². The van der Waals surface area contributed by atoms with Crippen molar-refractivity contribution < 1.29 is 0 Å². The average Bonchev–Trinajstić information content (AvgIpc) is 2.42. The zero-order chi connectivity index (χ0) is 13.2. The van der Waals surface area contributed by atoms with Gasteiger partial charge in [0.25, 0.3) is 0 Å². The van der Waals surface area contributed by atoms with Crippen LogP contribution in [0.25, 0.3) is 11.0 Å². The molecule has 0 radical (unpaired) electrons. The molecule has 3 N–H and O–H groups in total. The van der Waals surface area contributed by atoms with Crippen molar-refractivity contribution >= 4 is 16.9 Å². The lowest BCUT2D eigenvalue weighted by atomic mass is 9.91. The van der Waals surface area contributed by atoms with E-state index in [1.807, 2.05) is 31.2 Å². The minimum atomic E-state index is 0.224. The van der Waals surface area contributed by atoms with Crippen LogP contribution in [0.3, 0.4) is 0 Å². The van der Waals surface area contributed by atoms with Crippen molar-refractivity contribution in [2.75, 3.05) is 5.32 Å². The molecule has 1 fully saturated rings. The molecular formula is C15H20N4. The van der Waals surface area contributed by atoms with Crippen LogP contribution in [-0.4, -0.2) is 22.1 Å². The standard InChI is InChI=1S/C15H20N4/c1-10-15(18-12-7-3-2-6-11(12)16)19-14-9-5-4-8-13(14)17-10/h4-5,8-9,11-12H,2-3,6-7,16H2,1H3,(H,18,19). The molecule has 100 valence electrons. The van der Waals surface area contributed by atoms with Gasteiger partial charge in [0, 0.05) is 12.1 Å². The van der Waals surface area contributed by atoms with E-state index in [9.17, 15) is 0 Å². The van der Waals surface area contributed by atoms with Crippen molar-refractivity contribution in [3.8, 4) is 0 Å². The lowest BCUT2D eigenvalue weighted by Crippen LogP contribution is -2.42. The van der Waals surface area contributed by atoms with Crippen molar-refractivity contribution in [1.82, 2.24) is 9.97 Å². The Balaban J connectivity index is 1.89. The Bertz CT molecular complexity index is 581. The second-order valence-electron chi connectivity index (χ2n) is 5.35. The number of benzene rings is 1. The molecule has 1 saturated carbocycles. The van der Waals surface area contributed by atoms with Gasteiger partial charge >= 0.3 is 0 Å². The molecule has 19 heavy (non-hydrogen) atoms. The van der Waals surface area contributed by atoms with Crippen molar-refractivity contribution in [2.45, 2.75) is 44.7 Å². The summed E-state index contributed by atoms with van der Waals surface area (Å²) in [5.41, 5.74) is 8.99. The molecule has 1 aliphatic rings. The molecule has 1 aromatic heterocycles. The summed E-state index contributed by atoms with van der Waals surface area (Å²) in [6.07, 6.45) is 4.69. The summed E-state index contributed by atoms with van der Waals surface area (Å²) in [4.78, 5) is 9.27. The van der Waals surface area contributed by atoms with E-state index < -0.39 is 0 Å². The van der Waals surface area contributed by atoms with Gasteiger partial charge in [0.05, 0.1) is 16.7 Å². The maximum atomic E-state index is 6.18. The predicted octanol–water partition coefficient (Wildman–Crippen LogP) is 2.62. The Morgan fingerprint density at radius 2 is 1.79 bits per heavy atom. The minimum absolute atomic E-state index is 0.224. The van der Waals surface area contributed by atoms with Gasteiger partial charge in [-0.25, -0.2) is 9.97 Å². The summed E-state index contributed by atoms with van der Waals surface area (Å²) in [7, 11) is 0. The molecule has 1 aromatic carbocycles. The van der Waals surface area contributed by atoms with E-state index in [1.54, 1.807) is 0 Å². The van der Waals surface area contributed by atoms with Crippen molar-refractivity contribution in [1.29, 1.82) is 0 Å². The van der Waals surface area contributed by atoms with E-state index in [0.717, 1.165) is 35.4 Å². The van der Waals surface area contributed by atoms with E-state index in [-0.39, 0.29) is 6.04 Å². The first kappa shape index (κ1) is 12.4. The number of nitrogens with zero attached hydrogens (tertiary/aromatic N) is 2. The number of aryl methyl sites for hydroxylation is 1. The topological polar surface area (TPSA) is 63.8 Å². The first-order valence-electron chi connectivity index (χ1n) is 6.99. The molecule has 0 bridgehead atoms. The maximum Gasteiger partial charge on any atom is 0.148 e. The number of nitrogens with one attached hydrogen (secondary N) is 1. The van der Waals surface area contributed by atoms with Crippen LogP contribution < -0.4 is 11.1 Å². The van der Waals surface area contributed by atoms with Crippen LogP contribution in [0.4, 0.5) is 5.82 Å². The Morgan fingerprint density at radius 3 is 2.53 bits per heavy atom. The number of fused-ring (bicyclic) bond motifs is 1. The van der Waals surface area contributed by atoms with E-state index >= 15 is 0 Å². The second-order valence-corrected chi connectivity index (χ2v) is 5.35. The summed E-state index contributed by atoms with van der Waals surface area (Å²) < 4.78 is 0. The highest BCUT2D eigenvalue weighted by molar-refractivity contribution is 5.76. The number of anilines is 1. The van der Waals surface area contributed by atoms with Gasteiger partial charge in [0.15, 0.2) is 0 Å². The third kappa shape index (κ3) is 2.54. The first-order valence-corrected chi connectivity index (χ1v) is 6.99. The van der Waals surface area contributed by atoms with Crippen LogP contribution in [0.1, 0.15) is 31.4 Å². The number of aromatic nitrogens is 2.